The number of fused-ring (bicyclic) bond motifs is 2. The summed E-state index contributed by atoms with van der Waals surface area (Å²) in [5.74, 6) is 0.345. The molecule has 2 aliphatic carbocycles. The van der Waals surface area contributed by atoms with Gasteiger partial charge in [0.25, 0.3) is 0 Å². The van der Waals surface area contributed by atoms with Crippen molar-refractivity contribution in [3.8, 4) is 0 Å². The Morgan fingerprint density at radius 3 is 2.11 bits per heavy atom. The van der Waals surface area contributed by atoms with Crippen molar-refractivity contribution in [3.05, 3.63) is 29.8 Å². The van der Waals surface area contributed by atoms with Gasteiger partial charge < -0.3 is 0 Å². The molecule has 0 aromatic heterocycles. The summed E-state index contributed by atoms with van der Waals surface area (Å²) in [6.45, 7) is 15.3. The summed E-state index contributed by atoms with van der Waals surface area (Å²) < 4.78 is 57.2. The molecule has 0 aliphatic heterocycles. The number of nitrogens with one attached hydrogen (secondary N) is 1. The van der Waals surface area contributed by atoms with E-state index < -0.39 is 31.5 Å². The Bertz CT molecular complexity index is 1170. The predicted molar refractivity (Wildman–Crippen MR) is 147 cm³/mol. The number of thioether (sulfide) groups is 1. The standard InChI is InChI=1S/C26H42N2O5S3/c1-17(2)28(18(3)4)35(30,31)16-26-14-13-21(25(26,7)8)15-23(26)34-24(29)20(6)27-36(32,33)22-11-9-19(5)10-12-22/h9-12,17-18,20-21,23,27H,13-16H2,1-8H3/t20-,21+,23+,26+/m0/s1. The highest BCUT2D eigenvalue weighted by Crippen LogP contribution is 2.69. The van der Waals surface area contributed by atoms with E-state index in [0.717, 1.165) is 36.6 Å². The van der Waals surface area contributed by atoms with Gasteiger partial charge in [-0.25, -0.2) is 16.8 Å². The summed E-state index contributed by atoms with van der Waals surface area (Å²) in [7, 11) is -7.43. The van der Waals surface area contributed by atoms with E-state index in [4.69, 9.17) is 0 Å². The molecule has 1 N–H and O–H groups in total. The van der Waals surface area contributed by atoms with Crippen LogP contribution in [0.1, 0.15) is 73.3 Å². The first-order valence-corrected chi connectivity index (χ1v) is 16.7. The van der Waals surface area contributed by atoms with Crippen molar-refractivity contribution in [2.75, 3.05) is 5.75 Å². The van der Waals surface area contributed by atoms with E-state index in [0.29, 0.717) is 5.92 Å². The van der Waals surface area contributed by atoms with Crippen LogP contribution in [0.4, 0.5) is 0 Å². The summed E-state index contributed by atoms with van der Waals surface area (Å²) in [6.07, 6.45) is 2.47. The number of sulfonamides is 2. The topological polar surface area (TPSA) is 101 Å². The van der Waals surface area contributed by atoms with Gasteiger partial charge in [0, 0.05) is 22.7 Å². The van der Waals surface area contributed by atoms with E-state index in [9.17, 15) is 21.6 Å². The minimum Gasteiger partial charge on any atom is -0.285 e. The minimum atomic E-state index is -3.85. The molecular formula is C26H42N2O5S3. The fourth-order valence-corrected chi connectivity index (χ4v) is 12.2. The lowest BCUT2D eigenvalue weighted by atomic mass is 9.70. The van der Waals surface area contributed by atoms with Crippen LogP contribution in [0.5, 0.6) is 0 Å². The molecule has 2 aliphatic rings. The number of benzene rings is 1. The molecule has 7 nitrogen and oxygen atoms in total. The number of hydrogen-bond donors (Lipinski definition) is 1. The molecule has 2 saturated carbocycles. The van der Waals surface area contributed by atoms with Crippen molar-refractivity contribution >= 4 is 36.9 Å². The lowest BCUT2D eigenvalue weighted by Crippen LogP contribution is -2.51. The first kappa shape index (κ1) is 29.6. The third kappa shape index (κ3) is 5.44. The van der Waals surface area contributed by atoms with E-state index in [1.807, 2.05) is 34.6 Å². The molecular weight excluding hydrogens is 516 g/mol. The molecule has 2 fully saturated rings. The maximum Gasteiger partial charge on any atom is 0.241 e. The molecule has 204 valence electrons. The monoisotopic (exact) mass is 558 g/mol. The Balaban J connectivity index is 1.82. The van der Waals surface area contributed by atoms with Gasteiger partial charge in [-0.2, -0.15) is 9.03 Å². The smallest absolute Gasteiger partial charge is 0.241 e. The van der Waals surface area contributed by atoms with Gasteiger partial charge in [-0.05, 0) is 84.3 Å². The van der Waals surface area contributed by atoms with Crippen molar-refractivity contribution in [1.29, 1.82) is 0 Å². The number of aryl methyl sites for hydroxylation is 1. The van der Waals surface area contributed by atoms with Crippen LogP contribution in [0, 0.1) is 23.7 Å². The van der Waals surface area contributed by atoms with Gasteiger partial charge in [-0.15, -0.1) is 0 Å². The van der Waals surface area contributed by atoms with Gasteiger partial charge in [-0.1, -0.05) is 43.3 Å². The number of rotatable bonds is 10. The second-order valence-corrected chi connectivity index (χ2v) is 16.5. The lowest BCUT2D eigenvalue weighted by molar-refractivity contribution is -0.112. The summed E-state index contributed by atoms with van der Waals surface area (Å²) in [5, 5.41) is -0.457. The third-order valence-corrected chi connectivity index (χ3v) is 13.8. The predicted octanol–water partition coefficient (Wildman–Crippen LogP) is 4.57. The Morgan fingerprint density at radius 2 is 1.61 bits per heavy atom. The second kappa shape index (κ2) is 10.3. The third-order valence-electron chi connectivity index (χ3n) is 8.41. The highest BCUT2D eigenvalue weighted by molar-refractivity contribution is 8.14. The summed E-state index contributed by atoms with van der Waals surface area (Å²) in [4.78, 5) is 13.4. The Morgan fingerprint density at radius 1 is 1.06 bits per heavy atom. The van der Waals surface area contributed by atoms with E-state index >= 15 is 0 Å². The fourth-order valence-electron chi connectivity index (χ4n) is 6.45. The van der Waals surface area contributed by atoms with Crippen molar-refractivity contribution in [2.24, 2.45) is 16.7 Å². The molecule has 10 heteroatoms. The molecule has 0 heterocycles. The van der Waals surface area contributed by atoms with Crippen LogP contribution in [-0.2, 0) is 24.8 Å². The van der Waals surface area contributed by atoms with Crippen LogP contribution in [0.25, 0.3) is 0 Å². The quantitative estimate of drug-likeness (QED) is 0.452. The van der Waals surface area contributed by atoms with Gasteiger partial charge in [0.15, 0.2) is 0 Å². The largest absolute Gasteiger partial charge is 0.285 e. The minimum absolute atomic E-state index is 0.00822. The Hall–Kier alpha value is -0.940. The van der Waals surface area contributed by atoms with Gasteiger partial charge in [0.1, 0.15) is 0 Å². The highest BCUT2D eigenvalue weighted by Gasteiger charge is 2.66. The molecule has 0 spiro atoms. The molecule has 1 aromatic carbocycles. The molecule has 1 aromatic rings. The lowest BCUT2D eigenvalue weighted by Gasteiger charge is -2.44. The molecule has 0 saturated heterocycles. The number of nitrogens with zero attached hydrogens (tertiary/aromatic N) is 1. The second-order valence-electron chi connectivity index (χ2n) is 11.7. The maximum atomic E-state index is 13.7. The van der Waals surface area contributed by atoms with E-state index in [-0.39, 0.29) is 38.5 Å². The Labute approximate surface area is 222 Å². The van der Waals surface area contributed by atoms with Gasteiger partial charge >= 0.3 is 0 Å². The van der Waals surface area contributed by atoms with E-state index in [1.165, 1.54) is 12.1 Å². The number of carbonyl (C=O) groups is 1. The van der Waals surface area contributed by atoms with Crippen LogP contribution in [0.2, 0.25) is 0 Å². The normalized spacial score (nSPS) is 26.8. The van der Waals surface area contributed by atoms with Crippen molar-refractivity contribution in [3.63, 3.8) is 0 Å². The molecule has 4 atom stereocenters. The fraction of sp³-hybridized carbons (Fsp3) is 0.731. The average molecular weight is 559 g/mol. The molecule has 0 unspecified atom stereocenters. The van der Waals surface area contributed by atoms with Crippen molar-refractivity contribution in [1.82, 2.24) is 9.03 Å². The van der Waals surface area contributed by atoms with Crippen LogP contribution in [0.3, 0.4) is 0 Å². The van der Waals surface area contributed by atoms with Gasteiger partial charge in [-0.3, -0.25) is 4.79 Å². The first-order chi connectivity index (χ1) is 16.4. The molecule has 36 heavy (non-hydrogen) atoms. The summed E-state index contributed by atoms with van der Waals surface area (Å²) in [5.41, 5.74) is 0.165. The van der Waals surface area contributed by atoms with E-state index in [2.05, 4.69) is 18.6 Å². The van der Waals surface area contributed by atoms with Gasteiger partial charge in [0.2, 0.25) is 25.2 Å². The zero-order valence-corrected chi connectivity index (χ0v) is 25.2. The highest BCUT2D eigenvalue weighted by atomic mass is 32.2. The average Bonchev–Trinajstić information content (AvgIpc) is 3.07. The van der Waals surface area contributed by atoms with Crippen LogP contribution >= 0.6 is 11.8 Å². The van der Waals surface area contributed by atoms with Crippen LogP contribution in [0.15, 0.2) is 29.2 Å². The van der Waals surface area contributed by atoms with Crippen LogP contribution in [-0.4, -0.2) is 55.4 Å². The SMILES string of the molecule is Cc1ccc(S(=O)(=O)N[C@@H](C)C(=O)S[C@@H]2C[C@H]3CC[C@]2(CS(=O)(=O)N(C(C)C)C(C)C)C3(C)C)cc1. The number of carbonyl (C=O) groups excluding carboxylic acids is 1. The molecule has 3 rings (SSSR count). The number of hydrogen-bond acceptors (Lipinski definition) is 6. The first-order valence-electron chi connectivity index (χ1n) is 12.8. The Kier molecular flexibility index (Phi) is 8.49. The molecule has 2 bridgehead atoms. The zero-order valence-electron chi connectivity index (χ0n) is 22.7. The molecule has 0 amide bonds. The molecule has 0 radical (unpaired) electrons. The maximum absolute atomic E-state index is 13.7. The van der Waals surface area contributed by atoms with Crippen molar-refractivity contribution in [2.45, 2.75) is 103 Å². The zero-order chi connectivity index (χ0) is 27.3. The summed E-state index contributed by atoms with van der Waals surface area (Å²) >= 11 is 1.14. The van der Waals surface area contributed by atoms with E-state index in [1.54, 1.807) is 23.4 Å². The van der Waals surface area contributed by atoms with Crippen molar-refractivity contribution < 1.29 is 21.6 Å². The summed E-state index contributed by atoms with van der Waals surface area (Å²) in [6, 6.07) is 5.24. The van der Waals surface area contributed by atoms with Gasteiger partial charge in [0.05, 0.1) is 16.7 Å². The van der Waals surface area contributed by atoms with Crippen LogP contribution < -0.4 is 4.72 Å².